The number of nitrogens with zero attached hydrogens (tertiary/aromatic N) is 5. The molecule has 1 saturated heterocycles. The van der Waals surface area contributed by atoms with Crippen molar-refractivity contribution in [1.82, 2.24) is 24.6 Å². The Morgan fingerprint density at radius 2 is 1.96 bits per heavy atom. The molecule has 140 valence electrons. The van der Waals surface area contributed by atoms with Gasteiger partial charge in [-0.1, -0.05) is 17.7 Å². The van der Waals surface area contributed by atoms with Gasteiger partial charge in [-0.15, -0.1) is 0 Å². The molecule has 3 rings (SSSR count). The zero-order chi connectivity index (χ0) is 18.9. The lowest BCUT2D eigenvalue weighted by Gasteiger charge is -2.34. The van der Waals surface area contributed by atoms with Gasteiger partial charge in [0.15, 0.2) is 5.69 Å². The second-order valence-electron chi connectivity index (χ2n) is 6.06. The number of amides is 1. The number of piperazine rings is 1. The number of rotatable bonds is 3. The zero-order valence-corrected chi connectivity index (χ0v) is 14.8. The number of hydrogen-bond acceptors (Lipinski definition) is 4. The average molecular weight is 388 g/mol. The lowest BCUT2D eigenvalue weighted by atomic mass is 10.2. The largest absolute Gasteiger partial charge is 0.436 e. The molecule has 0 N–H and O–H groups in total. The van der Waals surface area contributed by atoms with Crippen LogP contribution in [0.4, 0.5) is 13.2 Å². The van der Waals surface area contributed by atoms with Gasteiger partial charge in [-0.05, 0) is 11.6 Å². The maximum Gasteiger partial charge on any atom is 0.436 e. The predicted octanol–water partition coefficient (Wildman–Crippen LogP) is 2.45. The molecule has 1 aliphatic rings. The van der Waals surface area contributed by atoms with Crippen molar-refractivity contribution >= 4 is 17.5 Å². The fourth-order valence-electron chi connectivity index (χ4n) is 2.92. The lowest BCUT2D eigenvalue weighted by molar-refractivity contribution is -0.141. The van der Waals surface area contributed by atoms with Crippen molar-refractivity contribution in [2.75, 3.05) is 26.2 Å². The summed E-state index contributed by atoms with van der Waals surface area (Å²) in [5.74, 6) is -0.540. The van der Waals surface area contributed by atoms with Crippen molar-refractivity contribution in [1.29, 1.82) is 0 Å². The number of carbonyl (C=O) groups excluding carboxylic acids is 1. The number of halogens is 4. The van der Waals surface area contributed by atoms with Crippen molar-refractivity contribution in [3.05, 3.63) is 46.5 Å². The molecule has 0 aliphatic carbocycles. The Morgan fingerprint density at radius 1 is 1.27 bits per heavy atom. The minimum atomic E-state index is -4.70. The van der Waals surface area contributed by atoms with E-state index in [4.69, 9.17) is 11.6 Å². The summed E-state index contributed by atoms with van der Waals surface area (Å²) in [6.45, 7) is 2.74. The SMILES string of the molecule is Cn1nc(C(F)(F)F)c(Cl)c1C(=O)N1CCN(Cc2cccnc2)CC1. The molecule has 2 aromatic rings. The minimum Gasteiger partial charge on any atom is -0.335 e. The van der Waals surface area contributed by atoms with Gasteiger partial charge in [0.05, 0.1) is 0 Å². The molecule has 0 bridgehead atoms. The van der Waals surface area contributed by atoms with Gasteiger partial charge in [0.2, 0.25) is 0 Å². The van der Waals surface area contributed by atoms with Crippen LogP contribution in [-0.2, 0) is 19.8 Å². The molecule has 0 radical (unpaired) electrons. The molecule has 1 fully saturated rings. The first-order chi connectivity index (χ1) is 12.3. The van der Waals surface area contributed by atoms with E-state index in [0.29, 0.717) is 32.7 Å². The first-order valence-corrected chi connectivity index (χ1v) is 8.35. The Hall–Kier alpha value is -2.13. The van der Waals surface area contributed by atoms with Gasteiger partial charge in [-0.2, -0.15) is 18.3 Å². The highest BCUT2D eigenvalue weighted by Crippen LogP contribution is 2.35. The number of carbonyl (C=O) groups is 1. The van der Waals surface area contributed by atoms with E-state index in [2.05, 4.69) is 15.0 Å². The molecule has 0 unspecified atom stereocenters. The van der Waals surface area contributed by atoms with Crippen molar-refractivity contribution in [3.63, 3.8) is 0 Å². The molecule has 2 aromatic heterocycles. The molecule has 0 aromatic carbocycles. The number of aromatic nitrogens is 3. The molecule has 26 heavy (non-hydrogen) atoms. The van der Waals surface area contributed by atoms with Crippen LogP contribution in [0, 0.1) is 0 Å². The normalized spacial score (nSPS) is 16.1. The topological polar surface area (TPSA) is 54.3 Å². The third-order valence-corrected chi connectivity index (χ3v) is 4.61. The van der Waals surface area contributed by atoms with Crippen LogP contribution in [0.25, 0.3) is 0 Å². The Morgan fingerprint density at radius 3 is 2.50 bits per heavy atom. The first-order valence-electron chi connectivity index (χ1n) is 7.97. The summed E-state index contributed by atoms with van der Waals surface area (Å²) in [6.07, 6.45) is -1.21. The van der Waals surface area contributed by atoms with Crippen LogP contribution in [0.15, 0.2) is 24.5 Å². The van der Waals surface area contributed by atoms with Crippen molar-refractivity contribution in [2.24, 2.45) is 7.05 Å². The van der Waals surface area contributed by atoms with E-state index < -0.39 is 22.8 Å². The van der Waals surface area contributed by atoms with Crippen LogP contribution < -0.4 is 0 Å². The molecule has 3 heterocycles. The quantitative estimate of drug-likeness (QED) is 0.811. The van der Waals surface area contributed by atoms with Gasteiger partial charge in [0.1, 0.15) is 10.7 Å². The van der Waals surface area contributed by atoms with Gasteiger partial charge in [0, 0.05) is 52.2 Å². The highest BCUT2D eigenvalue weighted by atomic mass is 35.5. The Labute approximate surface area is 153 Å². The first kappa shape index (κ1) is 18.7. The van der Waals surface area contributed by atoms with Crippen LogP contribution in [0.5, 0.6) is 0 Å². The Kier molecular flexibility index (Phi) is 5.19. The van der Waals surface area contributed by atoms with Crippen LogP contribution in [0.1, 0.15) is 21.7 Å². The molecule has 1 aliphatic heterocycles. The molecule has 0 spiro atoms. The number of alkyl halides is 3. The van der Waals surface area contributed by atoms with E-state index in [1.165, 1.54) is 11.9 Å². The van der Waals surface area contributed by atoms with Gasteiger partial charge in [0.25, 0.3) is 5.91 Å². The van der Waals surface area contributed by atoms with E-state index in [1.54, 1.807) is 12.4 Å². The summed E-state index contributed by atoms with van der Waals surface area (Å²) in [7, 11) is 1.28. The van der Waals surface area contributed by atoms with Crippen molar-refractivity contribution < 1.29 is 18.0 Å². The number of hydrogen-bond donors (Lipinski definition) is 0. The highest BCUT2D eigenvalue weighted by Gasteiger charge is 2.40. The Balaban J connectivity index is 1.67. The molecule has 0 atom stereocenters. The molecule has 6 nitrogen and oxygen atoms in total. The summed E-state index contributed by atoms with van der Waals surface area (Å²) in [5.41, 5.74) is -0.406. The molecular weight excluding hydrogens is 371 g/mol. The van der Waals surface area contributed by atoms with Crippen molar-refractivity contribution in [3.8, 4) is 0 Å². The van der Waals surface area contributed by atoms with Crippen LogP contribution in [0.3, 0.4) is 0 Å². The maximum absolute atomic E-state index is 12.9. The van der Waals surface area contributed by atoms with Gasteiger partial charge in [-0.25, -0.2) is 0 Å². The van der Waals surface area contributed by atoms with Crippen molar-refractivity contribution in [2.45, 2.75) is 12.7 Å². The second-order valence-corrected chi connectivity index (χ2v) is 6.44. The fourth-order valence-corrected chi connectivity index (χ4v) is 3.27. The monoisotopic (exact) mass is 387 g/mol. The van der Waals surface area contributed by atoms with E-state index in [1.807, 2.05) is 12.1 Å². The van der Waals surface area contributed by atoms with E-state index in [0.717, 1.165) is 10.2 Å². The Bertz CT molecular complexity index is 785. The summed E-state index contributed by atoms with van der Waals surface area (Å²) in [5, 5.41) is 2.71. The highest BCUT2D eigenvalue weighted by molar-refractivity contribution is 6.34. The summed E-state index contributed by atoms with van der Waals surface area (Å²) < 4.78 is 39.6. The number of pyridine rings is 1. The average Bonchev–Trinajstić information content (AvgIpc) is 2.91. The van der Waals surface area contributed by atoms with E-state index >= 15 is 0 Å². The molecule has 0 saturated carbocycles. The van der Waals surface area contributed by atoms with Gasteiger partial charge in [-0.3, -0.25) is 19.4 Å². The lowest BCUT2D eigenvalue weighted by Crippen LogP contribution is -2.48. The second kappa shape index (κ2) is 7.24. The third-order valence-electron chi connectivity index (χ3n) is 4.25. The van der Waals surface area contributed by atoms with Gasteiger partial charge >= 0.3 is 6.18 Å². The minimum absolute atomic E-state index is 0.236. The van der Waals surface area contributed by atoms with Crippen LogP contribution in [-0.4, -0.2) is 56.7 Å². The van der Waals surface area contributed by atoms with E-state index in [9.17, 15) is 18.0 Å². The molecular formula is C16H17ClF3N5O. The standard InChI is InChI=1S/C16H17ClF3N5O/c1-23-13(12(17)14(22-23)16(18,19)20)15(26)25-7-5-24(6-8-25)10-11-3-2-4-21-9-11/h2-4,9H,5-8,10H2,1H3. The number of aryl methyl sites for hydroxylation is 1. The summed E-state index contributed by atoms with van der Waals surface area (Å²) in [6, 6.07) is 3.83. The smallest absolute Gasteiger partial charge is 0.335 e. The summed E-state index contributed by atoms with van der Waals surface area (Å²) in [4.78, 5) is 20.4. The summed E-state index contributed by atoms with van der Waals surface area (Å²) >= 11 is 5.80. The van der Waals surface area contributed by atoms with Gasteiger partial charge < -0.3 is 4.90 Å². The van der Waals surface area contributed by atoms with Crippen LogP contribution >= 0.6 is 11.6 Å². The van der Waals surface area contributed by atoms with Crippen LogP contribution in [0.2, 0.25) is 5.02 Å². The fraction of sp³-hybridized carbons (Fsp3) is 0.438. The third kappa shape index (κ3) is 3.83. The zero-order valence-electron chi connectivity index (χ0n) is 14.0. The van der Waals surface area contributed by atoms with E-state index in [-0.39, 0.29) is 5.69 Å². The predicted molar refractivity (Wildman–Crippen MR) is 88.6 cm³/mol. The maximum atomic E-state index is 12.9. The molecule has 10 heteroatoms. The molecule has 1 amide bonds.